The van der Waals surface area contributed by atoms with E-state index in [1.54, 1.807) is 0 Å². The summed E-state index contributed by atoms with van der Waals surface area (Å²) in [5, 5.41) is 22.6. The van der Waals surface area contributed by atoms with Crippen LogP contribution in [0.4, 0.5) is 11.4 Å². The van der Waals surface area contributed by atoms with Gasteiger partial charge in [0.15, 0.2) is 0 Å². The first-order valence-electron chi connectivity index (χ1n) is 6.81. The van der Waals surface area contributed by atoms with Crippen molar-refractivity contribution in [2.24, 2.45) is 0 Å². The van der Waals surface area contributed by atoms with Crippen molar-refractivity contribution < 1.29 is 24.4 Å². The third-order valence-electron chi connectivity index (χ3n) is 3.37. The lowest BCUT2D eigenvalue weighted by molar-refractivity contribution is -0.384. The first-order valence-corrected chi connectivity index (χ1v) is 7.19. The number of halogens is 1. The molecular weight excluding hydrogens is 342 g/mol. The van der Waals surface area contributed by atoms with Crippen molar-refractivity contribution in [3.8, 4) is 0 Å². The van der Waals surface area contributed by atoms with Crippen LogP contribution in [0.1, 0.15) is 0 Å². The van der Waals surface area contributed by atoms with Gasteiger partial charge in [-0.3, -0.25) is 14.9 Å². The zero-order valence-corrected chi connectivity index (χ0v) is 13.4. The maximum Gasteiger partial charge on any atom is 0.337 e. The standard InChI is InChI=1S/C14H14ClN3O6/c1-24-14(21)9-7-17(4-5-19)13(20)12(9)16-8-2-3-10(15)11(6-8)18(22)23/h2-3,6,16,19H,4-5,7H2,1H3. The van der Waals surface area contributed by atoms with E-state index >= 15 is 0 Å². The molecule has 10 heteroatoms. The van der Waals surface area contributed by atoms with E-state index in [2.05, 4.69) is 10.1 Å². The minimum Gasteiger partial charge on any atom is -0.466 e. The van der Waals surface area contributed by atoms with Crippen molar-refractivity contribution in [3.05, 3.63) is 44.6 Å². The number of anilines is 1. The number of carbonyl (C=O) groups excluding carboxylic acids is 2. The van der Waals surface area contributed by atoms with Crippen molar-refractivity contribution in [2.45, 2.75) is 0 Å². The number of methoxy groups -OCH3 is 1. The molecule has 0 aliphatic carbocycles. The fourth-order valence-electron chi connectivity index (χ4n) is 2.22. The van der Waals surface area contributed by atoms with E-state index in [1.165, 1.54) is 24.1 Å². The number of amides is 1. The van der Waals surface area contributed by atoms with Crippen LogP contribution in [0.15, 0.2) is 29.5 Å². The Balaban J connectivity index is 2.37. The number of aliphatic hydroxyl groups excluding tert-OH is 1. The van der Waals surface area contributed by atoms with Crippen molar-refractivity contribution in [1.82, 2.24) is 4.90 Å². The van der Waals surface area contributed by atoms with Crippen LogP contribution in [0.2, 0.25) is 5.02 Å². The van der Waals surface area contributed by atoms with Crippen LogP contribution in [0.25, 0.3) is 0 Å². The van der Waals surface area contributed by atoms with Crippen molar-refractivity contribution in [3.63, 3.8) is 0 Å². The van der Waals surface area contributed by atoms with Crippen LogP contribution in [0.5, 0.6) is 0 Å². The minimum atomic E-state index is -0.699. The summed E-state index contributed by atoms with van der Waals surface area (Å²) in [5.74, 6) is -1.21. The summed E-state index contributed by atoms with van der Waals surface area (Å²) in [5.41, 5.74) is -0.0817. The number of nitrogens with one attached hydrogen (secondary N) is 1. The molecule has 0 fully saturated rings. The summed E-state index contributed by atoms with van der Waals surface area (Å²) in [4.78, 5) is 35.7. The van der Waals surface area contributed by atoms with Gasteiger partial charge in [0.05, 0.1) is 30.8 Å². The highest BCUT2D eigenvalue weighted by molar-refractivity contribution is 6.32. The Morgan fingerprint density at radius 2 is 2.25 bits per heavy atom. The van der Waals surface area contributed by atoms with E-state index in [-0.39, 0.29) is 47.4 Å². The lowest BCUT2D eigenvalue weighted by Gasteiger charge is -2.15. The summed E-state index contributed by atoms with van der Waals surface area (Å²) in [6.45, 7) is -0.241. The van der Waals surface area contributed by atoms with E-state index in [0.29, 0.717) is 0 Å². The zero-order valence-electron chi connectivity index (χ0n) is 12.6. The Labute approximate surface area is 141 Å². The molecule has 1 aliphatic rings. The normalized spacial score (nSPS) is 14.1. The number of hydrogen-bond donors (Lipinski definition) is 2. The monoisotopic (exact) mass is 355 g/mol. The first-order chi connectivity index (χ1) is 11.4. The molecule has 0 saturated heterocycles. The molecule has 2 rings (SSSR count). The van der Waals surface area contributed by atoms with Crippen molar-refractivity contribution in [2.75, 3.05) is 32.1 Å². The SMILES string of the molecule is COC(=O)C1=C(Nc2ccc(Cl)c([N+](=O)[O-])c2)C(=O)N(CCO)C1. The fraction of sp³-hybridized carbons (Fsp3) is 0.286. The molecule has 0 radical (unpaired) electrons. The van der Waals surface area contributed by atoms with E-state index in [9.17, 15) is 19.7 Å². The zero-order chi connectivity index (χ0) is 17.9. The largest absolute Gasteiger partial charge is 0.466 e. The van der Waals surface area contributed by atoms with Crippen LogP contribution in [0, 0.1) is 10.1 Å². The van der Waals surface area contributed by atoms with Gasteiger partial charge in [-0.15, -0.1) is 0 Å². The molecule has 1 aromatic rings. The lowest BCUT2D eigenvalue weighted by atomic mass is 10.2. The maximum atomic E-state index is 12.3. The molecule has 24 heavy (non-hydrogen) atoms. The molecule has 1 amide bonds. The highest BCUT2D eigenvalue weighted by Gasteiger charge is 2.34. The number of nitrogens with zero attached hydrogens (tertiary/aromatic N) is 2. The van der Waals surface area contributed by atoms with Crippen molar-refractivity contribution in [1.29, 1.82) is 0 Å². The number of nitro groups is 1. The van der Waals surface area contributed by atoms with Gasteiger partial charge < -0.3 is 20.1 Å². The van der Waals surface area contributed by atoms with E-state index < -0.39 is 16.8 Å². The second-order valence-corrected chi connectivity index (χ2v) is 5.25. The maximum absolute atomic E-state index is 12.3. The van der Waals surface area contributed by atoms with Crippen LogP contribution in [-0.4, -0.2) is 53.6 Å². The molecule has 0 aromatic heterocycles. The molecule has 1 heterocycles. The molecule has 9 nitrogen and oxygen atoms in total. The van der Waals surface area contributed by atoms with Gasteiger partial charge in [-0.1, -0.05) is 11.6 Å². The van der Waals surface area contributed by atoms with Gasteiger partial charge in [-0.2, -0.15) is 0 Å². The highest BCUT2D eigenvalue weighted by atomic mass is 35.5. The van der Waals surface area contributed by atoms with Gasteiger partial charge in [-0.05, 0) is 12.1 Å². The Morgan fingerprint density at radius 1 is 1.54 bits per heavy atom. The van der Waals surface area contributed by atoms with Crippen LogP contribution < -0.4 is 5.32 Å². The predicted molar refractivity (Wildman–Crippen MR) is 84.4 cm³/mol. The molecule has 0 spiro atoms. The molecule has 1 aromatic carbocycles. The Bertz CT molecular complexity index is 733. The third-order valence-corrected chi connectivity index (χ3v) is 3.69. The van der Waals surface area contributed by atoms with E-state index in [0.717, 1.165) is 6.07 Å². The Morgan fingerprint density at radius 3 is 2.83 bits per heavy atom. The number of β-amino-alcohol motifs (C(OH)–C–C–N with tert-alkyl or cyclic N) is 1. The minimum absolute atomic E-state index is 0.0237. The summed E-state index contributed by atoms with van der Waals surface area (Å²) in [7, 11) is 1.18. The summed E-state index contributed by atoms with van der Waals surface area (Å²) < 4.78 is 4.65. The van der Waals surface area contributed by atoms with Crippen LogP contribution in [-0.2, 0) is 14.3 Å². The molecule has 0 atom stereocenters. The van der Waals surface area contributed by atoms with Gasteiger partial charge in [-0.25, -0.2) is 4.79 Å². The lowest BCUT2D eigenvalue weighted by Crippen LogP contribution is -2.31. The second kappa shape index (κ2) is 7.28. The average Bonchev–Trinajstić information content (AvgIpc) is 2.85. The van der Waals surface area contributed by atoms with Crippen LogP contribution >= 0.6 is 11.6 Å². The molecule has 128 valence electrons. The summed E-state index contributed by atoms with van der Waals surface area (Å²) >= 11 is 5.74. The number of benzene rings is 1. The predicted octanol–water partition coefficient (Wildman–Crippen LogP) is 0.922. The number of carbonyl (C=O) groups is 2. The number of rotatable bonds is 6. The fourth-order valence-corrected chi connectivity index (χ4v) is 2.41. The number of ether oxygens (including phenoxy) is 1. The van der Waals surface area contributed by atoms with Gasteiger partial charge >= 0.3 is 5.97 Å². The number of hydrogen-bond acceptors (Lipinski definition) is 7. The summed E-state index contributed by atoms with van der Waals surface area (Å²) in [6, 6.07) is 3.91. The van der Waals surface area contributed by atoms with Gasteiger partial charge in [0.25, 0.3) is 11.6 Å². The van der Waals surface area contributed by atoms with Crippen LogP contribution in [0.3, 0.4) is 0 Å². The first kappa shape index (κ1) is 17.7. The molecule has 2 N–H and O–H groups in total. The summed E-state index contributed by atoms with van der Waals surface area (Å²) in [6.07, 6.45) is 0. The average molecular weight is 356 g/mol. The molecular formula is C14H14ClN3O6. The molecule has 1 aliphatic heterocycles. The molecule has 0 unspecified atom stereocenters. The topological polar surface area (TPSA) is 122 Å². The second-order valence-electron chi connectivity index (χ2n) is 4.84. The number of nitro benzene ring substituents is 1. The van der Waals surface area contributed by atoms with E-state index in [4.69, 9.17) is 16.7 Å². The Hall–Kier alpha value is -2.65. The molecule has 0 bridgehead atoms. The third kappa shape index (κ3) is 3.47. The number of esters is 1. The Kier molecular flexibility index (Phi) is 5.37. The van der Waals surface area contributed by atoms with Gasteiger partial charge in [0, 0.05) is 18.3 Å². The number of aliphatic hydroxyl groups is 1. The van der Waals surface area contributed by atoms with Gasteiger partial charge in [0.2, 0.25) is 0 Å². The highest BCUT2D eigenvalue weighted by Crippen LogP contribution is 2.29. The smallest absolute Gasteiger partial charge is 0.337 e. The quantitative estimate of drug-likeness (QED) is 0.442. The van der Waals surface area contributed by atoms with Gasteiger partial charge in [0.1, 0.15) is 10.7 Å². The molecule has 0 saturated carbocycles. The van der Waals surface area contributed by atoms with E-state index in [1.807, 2.05) is 0 Å². The van der Waals surface area contributed by atoms with Crippen molar-refractivity contribution >= 4 is 34.9 Å².